The molecule has 3 fully saturated rings. The fourth-order valence-electron chi connectivity index (χ4n) is 7.60. The number of nitrogens with zero attached hydrogens (tertiary/aromatic N) is 3. The third-order valence-electron chi connectivity index (χ3n) is 9.38. The van der Waals surface area contributed by atoms with Crippen molar-refractivity contribution >= 4 is 43.2 Å². The van der Waals surface area contributed by atoms with Crippen LogP contribution in [0.15, 0.2) is 42.5 Å². The number of halogens is 1. The minimum atomic E-state index is -3.32. The van der Waals surface area contributed by atoms with E-state index in [2.05, 4.69) is 0 Å². The maximum Gasteiger partial charge on any atom is 0.264 e. The Balaban J connectivity index is 1.43. The second-order valence-corrected chi connectivity index (χ2v) is 16.1. The summed E-state index contributed by atoms with van der Waals surface area (Å²) in [5, 5.41) is 9.83. The molecular formula is C31H38FN3O5Si. The quantitative estimate of drug-likeness (QED) is 0.381. The number of anilines is 3. The van der Waals surface area contributed by atoms with Gasteiger partial charge in [0.15, 0.2) is 5.60 Å². The monoisotopic (exact) mass is 579 g/mol. The Morgan fingerprint density at radius 1 is 1.00 bits per heavy atom. The number of benzene rings is 2. The predicted octanol–water partition coefficient (Wildman–Crippen LogP) is 4.64. The van der Waals surface area contributed by atoms with Crippen LogP contribution in [0, 0.1) is 5.92 Å². The SMILES string of the molecule is C[C@H]1[C@H]([Si](C)(C)F)[C@@H](CCO)O[C@]12C(=O)N(Cc1cccc(N3CCCC3=O)c1)c1ccc(N3CCCC3=O)cc12. The molecule has 0 bridgehead atoms. The van der Waals surface area contributed by atoms with Gasteiger partial charge in [-0.2, -0.15) is 0 Å². The Kier molecular flexibility index (Phi) is 7.06. The Labute approximate surface area is 241 Å². The highest BCUT2D eigenvalue weighted by atomic mass is 28.4. The molecular weight excluding hydrogens is 541 g/mol. The third kappa shape index (κ3) is 4.51. The minimum absolute atomic E-state index is 0.0437. The van der Waals surface area contributed by atoms with Gasteiger partial charge < -0.3 is 28.7 Å². The van der Waals surface area contributed by atoms with E-state index >= 15 is 4.11 Å². The van der Waals surface area contributed by atoms with E-state index in [-0.39, 0.29) is 37.3 Å². The molecule has 2 aromatic carbocycles. The fraction of sp³-hybridized carbons (Fsp3) is 0.516. The minimum Gasteiger partial charge on any atom is -0.396 e. The standard InChI is InChI=1S/C31H38FN3O5Si/c1-20-29(41(2,3)32)26(13-16-36)40-31(20)24-18-23(34-15-6-10-28(34)38)11-12-25(24)35(30(31)39)19-21-7-4-8-22(17-21)33-14-5-9-27(33)37/h4,7-8,11-12,17-18,20,26,29,36H,5-6,9-10,13-16,19H2,1-3H3/t20-,26+,29-,31+/m0/s1. The number of aliphatic hydroxyl groups is 1. The lowest BCUT2D eigenvalue weighted by atomic mass is 9.82. The van der Waals surface area contributed by atoms with Crippen LogP contribution in [0.1, 0.15) is 50.2 Å². The zero-order valence-electron chi connectivity index (χ0n) is 23.9. The van der Waals surface area contributed by atoms with Gasteiger partial charge in [0.25, 0.3) is 5.91 Å². The van der Waals surface area contributed by atoms with Gasteiger partial charge >= 0.3 is 0 Å². The zero-order chi connectivity index (χ0) is 29.1. The van der Waals surface area contributed by atoms with Gasteiger partial charge in [-0.05, 0) is 68.3 Å². The molecule has 41 heavy (non-hydrogen) atoms. The summed E-state index contributed by atoms with van der Waals surface area (Å²) in [6.45, 7) is 6.57. The zero-order valence-corrected chi connectivity index (χ0v) is 24.9. The van der Waals surface area contributed by atoms with Crippen molar-refractivity contribution in [2.75, 3.05) is 34.4 Å². The van der Waals surface area contributed by atoms with Crippen LogP contribution in [0.5, 0.6) is 0 Å². The molecule has 0 aromatic heterocycles. The maximum absolute atomic E-state index is 15.9. The van der Waals surface area contributed by atoms with Crippen molar-refractivity contribution in [1.29, 1.82) is 0 Å². The Bertz CT molecular complexity index is 1400. The molecule has 4 heterocycles. The lowest BCUT2D eigenvalue weighted by Gasteiger charge is -2.31. The molecule has 0 unspecified atom stereocenters. The van der Waals surface area contributed by atoms with E-state index in [0.717, 1.165) is 24.1 Å². The van der Waals surface area contributed by atoms with Crippen molar-refractivity contribution in [1.82, 2.24) is 0 Å². The van der Waals surface area contributed by atoms with Crippen molar-refractivity contribution in [3.05, 3.63) is 53.6 Å². The van der Waals surface area contributed by atoms with Crippen molar-refractivity contribution in [3.63, 3.8) is 0 Å². The third-order valence-corrected chi connectivity index (χ3v) is 11.8. The van der Waals surface area contributed by atoms with Crippen molar-refractivity contribution in [3.8, 4) is 0 Å². The topological polar surface area (TPSA) is 90.4 Å². The number of rotatable bonds is 7. The highest BCUT2D eigenvalue weighted by molar-refractivity contribution is 6.72. The maximum atomic E-state index is 15.9. The molecule has 6 rings (SSSR count). The van der Waals surface area contributed by atoms with Gasteiger partial charge in [-0.25, -0.2) is 0 Å². The van der Waals surface area contributed by atoms with Gasteiger partial charge in [-0.3, -0.25) is 14.4 Å². The fourth-order valence-corrected chi connectivity index (χ4v) is 10.1. The van der Waals surface area contributed by atoms with Crippen LogP contribution in [0.3, 0.4) is 0 Å². The van der Waals surface area contributed by atoms with Crippen LogP contribution in [0.2, 0.25) is 18.6 Å². The number of fused-ring (bicyclic) bond motifs is 2. The largest absolute Gasteiger partial charge is 0.396 e. The van der Waals surface area contributed by atoms with Gasteiger partial charge in [-0.15, -0.1) is 0 Å². The number of aliphatic hydroxyl groups excluding tert-OH is 1. The molecule has 218 valence electrons. The number of ether oxygens (including phenoxy) is 1. The van der Waals surface area contributed by atoms with Crippen molar-refractivity contribution in [2.24, 2.45) is 5.92 Å². The number of amides is 3. The molecule has 10 heteroatoms. The predicted molar refractivity (Wildman–Crippen MR) is 157 cm³/mol. The van der Waals surface area contributed by atoms with E-state index in [1.54, 1.807) is 27.8 Å². The first-order valence-corrected chi connectivity index (χ1v) is 17.7. The summed E-state index contributed by atoms with van der Waals surface area (Å²) >= 11 is 0. The van der Waals surface area contributed by atoms with E-state index < -0.39 is 31.6 Å². The van der Waals surface area contributed by atoms with Crippen LogP contribution >= 0.6 is 0 Å². The molecule has 4 aliphatic rings. The average molecular weight is 580 g/mol. The molecule has 3 amide bonds. The summed E-state index contributed by atoms with van der Waals surface area (Å²) in [6.07, 6.45) is 2.27. The number of hydrogen-bond donors (Lipinski definition) is 1. The molecule has 0 saturated carbocycles. The lowest BCUT2D eigenvalue weighted by Crippen LogP contribution is -2.45. The average Bonchev–Trinajstić information content (AvgIpc) is 3.67. The molecule has 4 aliphatic heterocycles. The van der Waals surface area contributed by atoms with E-state index in [9.17, 15) is 19.5 Å². The summed E-state index contributed by atoms with van der Waals surface area (Å²) in [5.74, 6) is -0.585. The van der Waals surface area contributed by atoms with E-state index in [0.29, 0.717) is 42.9 Å². The highest BCUT2D eigenvalue weighted by Crippen LogP contribution is 2.60. The van der Waals surface area contributed by atoms with Crippen LogP contribution < -0.4 is 14.7 Å². The number of carbonyl (C=O) groups is 3. The van der Waals surface area contributed by atoms with Gasteiger partial charge in [0.1, 0.15) is 0 Å². The summed E-state index contributed by atoms with van der Waals surface area (Å²) in [5.41, 5.74) is 1.82. The van der Waals surface area contributed by atoms with Crippen LogP contribution in [-0.2, 0) is 31.3 Å². The van der Waals surface area contributed by atoms with Gasteiger partial charge in [0.2, 0.25) is 20.2 Å². The van der Waals surface area contributed by atoms with Gasteiger partial charge in [0.05, 0.1) is 18.3 Å². The smallest absolute Gasteiger partial charge is 0.264 e. The summed E-state index contributed by atoms with van der Waals surface area (Å²) in [4.78, 5) is 44.8. The molecule has 0 radical (unpaired) electrons. The highest BCUT2D eigenvalue weighted by Gasteiger charge is 2.66. The van der Waals surface area contributed by atoms with Crippen molar-refractivity contribution in [2.45, 2.75) is 75.9 Å². The molecule has 0 aliphatic carbocycles. The Morgan fingerprint density at radius 3 is 2.24 bits per heavy atom. The molecule has 4 atom stereocenters. The lowest BCUT2D eigenvalue weighted by molar-refractivity contribution is -0.146. The normalized spacial score (nSPS) is 28.1. The van der Waals surface area contributed by atoms with Gasteiger partial charge in [-0.1, -0.05) is 19.1 Å². The molecule has 8 nitrogen and oxygen atoms in total. The molecule has 2 aromatic rings. The first kappa shape index (κ1) is 28.1. The summed E-state index contributed by atoms with van der Waals surface area (Å²) < 4.78 is 22.5. The first-order valence-electron chi connectivity index (χ1n) is 14.7. The van der Waals surface area contributed by atoms with Crippen molar-refractivity contribution < 1.29 is 28.3 Å². The molecule has 3 saturated heterocycles. The van der Waals surface area contributed by atoms with Crippen LogP contribution in [0.4, 0.5) is 21.2 Å². The summed E-state index contributed by atoms with van der Waals surface area (Å²) in [6, 6.07) is 13.3. The van der Waals surface area contributed by atoms with Gasteiger partial charge in [0, 0.05) is 60.9 Å². The van der Waals surface area contributed by atoms with Crippen LogP contribution in [-0.4, -0.2) is 57.0 Å². The van der Waals surface area contributed by atoms with E-state index in [1.165, 1.54) is 0 Å². The summed E-state index contributed by atoms with van der Waals surface area (Å²) in [7, 11) is -3.32. The second kappa shape index (κ2) is 10.3. The molecule has 1 spiro atoms. The Hall–Kier alpha value is -3.08. The number of hydrogen-bond acceptors (Lipinski definition) is 5. The second-order valence-electron chi connectivity index (χ2n) is 12.3. The van der Waals surface area contributed by atoms with E-state index in [1.807, 2.05) is 49.4 Å². The van der Waals surface area contributed by atoms with E-state index in [4.69, 9.17) is 4.74 Å². The van der Waals surface area contributed by atoms with Crippen LogP contribution in [0.25, 0.3) is 0 Å². The number of carbonyl (C=O) groups excluding carboxylic acids is 3. The Morgan fingerprint density at radius 2 is 1.66 bits per heavy atom. The first-order chi connectivity index (χ1) is 19.6. The molecule has 1 N–H and O–H groups in total.